The Morgan fingerprint density at radius 3 is 2.19 bits per heavy atom. The van der Waals surface area contributed by atoms with Crippen LogP contribution in [0.3, 0.4) is 0 Å². The van der Waals surface area contributed by atoms with E-state index in [2.05, 4.69) is 11.8 Å². The third-order valence-electron chi connectivity index (χ3n) is 4.99. The average Bonchev–Trinajstić information content (AvgIpc) is 2.69. The highest BCUT2D eigenvalue weighted by atomic mass is 16.5. The summed E-state index contributed by atoms with van der Waals surface area (Å²) in [5.74, 6) is -0.256. The molecule has 0 atom stereocenters. The van der Waals surface area contributed by atoms with Crippen LogP contribution in [0, 0.1) is 13.8 Å². The summed E-state index contributed by atoms with van der Waals surface area (Å²) in [4.78, 5) is 28.6. The SMILES string of the molecule is COC(=O)c1cc(C)c(C)c(N2CCN(C(=O)c3ccccc3)CC2)c1. The second kappa shape index (κ2) is 7.60. The van der Waals surface area contributed by atoms with Gasteiger partial charge < -0.3 is 14.5 Å². The van der Waals surface area contributed by atoms with Gasteiger partial charge in [-0.1, -0.05) is 18.2 Å². The van der Waals surface area contributed by atoms with Crippen molar-refractivity contribution in [2.24, 2.45) is 0 Å². The number of anilines is 1. The molecule has 3 rings (SSSR count). The Balaban J connectivity index is 1.75. The normalized spacial score (nSPS) is 14.3. The Morgan fingerprint density at radius 2 is 1.58 bits per heavy atom. The Hall–Kier alpha value is -2.82. The van der Waals surface area contributed by atoms with Crippen molar-refractivity contribution < 1.29 is 14.3 Å². The number of hydrogen-bond donors (Lipinski definition) is 0. The van der Waals surface area contributed by atoms with E-state index in [-0.39, 0.29) is 11.9 Å². The van der Waals surface area contributed by atoms with Crippen molar-refractivity contribution in [3.8, 4) is 0 Å². The standard InChI is InChI=1S/C21H24N2O3/c1-15-13-18(21(25)26-3)14-19(16(15)2)22-9-11-23(12-10-22)20(24)17-7-5-4-6-8-17/h4-8,13-14H,9-12H2,1-3H3. The predicted octanol–water partition coefficient (Wildman–Crippen LogP) is 3.05. The lowest BCUT2D eigenvalue weighted by Crippen LogP contribution is -2.49. The first-order valence-corrected chi connectivity index (χ1v) is 8.80. The monoisotopic (exact) mass is 352 g/mol. The van der Waals surface area contributed by atoms with Gasteiger partial charge in [0.1, 0.15) is 0 Å². The van der Waals surface area contributed by atoms with E-state index in [1.165, 1.54) is 7.11 Å². The first-order valence-electron chi connectivity index (χ1n) is 8.80. The fraction of sp³-hybridized carbons (Fsp3) is 0.333. The lowest BCUT2D eigenvalue weighted by Gasteiger charge is -2.37. The van der Waals surface area contributed by atoms with Crippen molar-refractivity contribution >= 4 is 17.6 Å². The minimum Gasteiger partial charge on any atom is -0.465 e. The van der Waals surface area contributed by atoms with Crippen LogP contribution < -0.4 is 4.90 Å². The Labute approximate surface area is 154 Å². The number of esters is 1. The van der Waals surface area contributed by atoms with Crippen LogP contribution in [0.15, 0.2) is 42.5 Å². The molecular formula is C21H24N2O3. The number of nitrogens with zero attached hydrogens (tertiary/aromatic N) is 2. The van der Waals surface area contributed by atoms with E-state index in [0.717, 1.165) is 35.5 Å². The molecule has 0 N–H and O–H groups in total. The smallest absolute Gasteiger partial charge is 0.337 e. The third-order valence-corrected chi connectivity index (χ3v) is 4.99. The van der Waals surface area contributed by atoms with Crippen molar-refractivity contribution in [2.75, 3.05) is 38.2 Å². The van der Waals surface area contributed by atoms with Crippen molar-refractivity contribution in [1.29, 1.82) is 0 Å². The summed E-state index contributed by atoms with van der Waals surface area (Å²) in [5.41, 5.74) is 4.54. The molecule has 0 bridgehead atoms. The highest BCUT2D eigenvalue weighted by molar-refractivity contribution is 5.94. The molecule has 5 nitrogen and oxygen atoms in total. The molecule has 0 radical (unpaired) electrons. The lowest BCUT2D eigenvalue weighted by atomic mass is 10.0. The number of carbonyl (C=O) groups is 2. The summed E-state index contributed by atoms with van der Waals surface area (Å²) >= 11 is 0. The van der Waals surface area contributed by atoms with Gasteiger partial charge in [-0.05, 0) is 49.2 Å². The van der Waals surface area contributed by atoms with Crippen molar-refractivity contribution in [3.05, 3.63) is 64.7 Å². The van der Waals surface area contributed by atoms with E-state index < -0.39 is 0 Å². The minimum atomic E-state index is -0.327. The predicted molar refractivity (Wildman–Crippen MR) is 102 cm³/mol. The molecule has 1 saturated heterocycles. The number of ether oxygens (including phenoxy) is 1. The quantitative estimate of drug-likeness (QED) is 0.797. The highest BCUT2D eigenvalue weighted by Crippen LogP contribution is 2.27. The zero-order valence-electron chi connectivity index (χ0n) is 15.5. The van der Waals surface area contributed by atoms with Crippen LogP contribution in [-0.4, -0.2) is 50.1 Å². The maximum absolute atomic E-state index is 12.6. The molecule has 0 aliphatic carbocycles. The molecular weight excluding hydrogens is 328 g/mol. The van der Waals surface area contributed by atoms with Crippen LogP contribution in [0.4, 0.5) is 5.69 Å². The number of rotatable bonds is 3. The van der Waals surface area contributed by atoms with Crippen molar-refractivity contribution in [1.82, 2.24) is 4.90 Å². The van der Waals surface area contributed by atoms with E-state index in [4.69, 9.17) is 4.74 Å². The number of amides is 1. The van der Waals surface area contributed by atoms with Crippen LogP contribution in [-0.2, 0) is 4.74 Å². The summed E-state index contributed by atoms with van der Waals surface area (Å²) in [6.07, 6.45) is 0. The van der Waals surface area contributed by atoms with Gasteiger partial charge in [-0.2, -0.15) is 0 Å². The number of piperazine rings is 1. The van der Waals surface area contributed by atoms with Gasteiger partial charge in [-0.25, -0.2) is 4.79 Å². The summed E-state index contributed by atoms with van der Waals surface area (Å²) in [5, 5.41) is 0. The molecule has 0 aromatic heterocycles. The molecule has 1 heterocycles. The van der Waals surface area contributed by atoms with Gasteiger partial charge in [-0.15, -0.1) is 0 Å². The van der Waals surface area contributed by atoms with Crippen molar-refractivity contribution in [2.45, 2.75) is 13.8 Å². The van der Waals surface area contributed by atoms with Gasteiger partial charge in [0.25, 0.3) is 5.91 Å². The van der Waals surface area contributed by atoms with Gasteiger partial charge in [-0.3, -0.25) is 4.79 Å². The molecule has 0 spiro atoms. The maximum Gasteiger partial charge on any atom is 0.337 e. The van der Waals surface area contributed by atoms with Crippen LogP contribution in [0.1, 0.15) is 31.8 Å². The number of methoxy groups -OCH3 is 1. The second-order valence-electron chi connectivity index (χ2n) is 6.57. The molecule has 5 heteroatoms. The molecule has 0 unspecified atom stereocenters. The van der Waals surface area contributed by atoms with E-state index in [1.54, 1.807) is 0 Å². The lowest BCUT2D eigenvalue weighted by molar-refractivity contribution is 0.0600. The minimum absolute atomic E-state index is 0.0708. The van der Waals surface area contributed by atoms with Crippen LogP contribution in [0.25, 0.3) is 0 Å². The molecule has 2 aromatic rings. The molecule has 136 valence electrons. The fourth-order valence-corrected chi connectivity index (χ4v) is 3.32. The third kappa shape index (κ3) is 3.57. The molecule has 1 aliphatic rings. The van der Waals surface area contributed by atoms with Gasteiger partial charge in [0, 0.05) is 37.4 Å². The van der Waals surface area contributed by atoms with E-state index in [0.29, 0.717) is 18.7 Å². The number of aryl methyl sites for hydroxylation is 1. The summed E-state index contributed by atoms with van der Waals surface area (Å²) in [6, 6.07) is 13.1. The zero-order valence-corrected chi connectivity index (χ0v) is 15.5. The molecule has 1 amide bonds. The summed E-state index contributed by atoms with van der Waals surface area (Å²) in [6.45, 7) is 6.87. The van der Waals surface area contributed by atoms with Gasteiger partial charge in [0.05, 0.1) is 12.7 Å². The van der Waals surface area contributed by atoms with Gasteiger partial charge in [0.2, 0.25) is 0 Å². The summed E-state index contributed by atoms with van der Waals surface area (Å²) < 4.78 is 4.86. The molecule has 2 aromatic carbocycles. The Kier molecular flexibility index (Phi) is 5.26. The van der Waals surface area contributed by atoms with E-state index in [1.807, 2.05) is 54.3 Å². The second-order valence-corrected chi connectivity index (χ2v) is 6.57. The van der Waals surface area contributed by atoms with E-state index >= 15 is 0 Å². The number of benzene rings is 2. The largest absolute Gasteiger partial charge is 0.465 e. The first kappa shape index (κ1) is 18.0. The van der Waals surface area contributed by atoms with E-state index in [9.17, 15) is 9.59 Å². The zero-order chi connectivity index (χ0) is 18.7. The first-order chi connectivity index (χ1) is 12.5. The molecule has 26 heavy (non-hydrogen) atoms. The van der Waals surface area contributed by atoms with Gasteiger partial charge >= 0.3 is 5.97 Å². The van der Waals surface area contributed by atoms with Crippen LogP contribution in [0.2, 0.25) is 0 Å². The fourth-order valence-electron chi connectivity index (χ4n) is 3.32. The molecule has 0 saturated carbocycles. The Morgan fingerprint density at radius 1 is 0.923 bits per heavy atom. The number of carbonyl (C=O) groups excluding carboxylic acids is 2. The number of hydrogen-bond acceptors (Lipinski definition) is 4. The molecule has 1 fully saturated rings. The highest BCUT2D eigenvalue weighted by Gasteiger charge is 2.24. The molecule has 1 aliphatic heterocycles. The maximum atomic E-state index is 12.6. The topological polar surface area (TPSA) is 49.9 Å². The van der Waals surface area contributed by atoms with Gasteiger partial charge in [0.15, 0.2) is 0 Å². The van der Waals surface area contributed by atoms with Crippen LogP contribution >= 0.6 is 0 Å². The van der Waals surface area contributed by atoms with Crippen LogP contribution in [0.5, 0.6) is 0 Å². The average molecular weight is 352 g/mol. The van der Waals surface area contributed by atoms with Crippen molar-refractivity contribution in [3.63, 3.8) is 0 Å². The summed E-state index contributed by atoms with van der Waals surface area (Å²) in [7, 11) is 1.39. The Bertz CT molecular complexity index is 810.